The molecule has 2 atom stereocenters. The second kappa shape index (κ2) is 5.18. The molecule has 1 aliphatic rings. The first-order chi connectivity index (χ1) is 8.19. The minimum absolute atomic E-state index is 0.214. The fourth-order valence-electron chi connectivity index (χ4n) is 1.91. The maximum Gasteiger partial charge on any atom is 0.225 e. The van der Waals surface area contributed by atoms with Crippen molar-refractivity contribution in [1.82, 2.24) is 9.97 Å². The smallest absolute Gasteiger partial charge is 0.225 e. The van der Waals surface area contributed by atoms with Crippen LogP contribution in [-0.4, -0.2) is 36.3 Å². The second-order valence-electron chi connectivity index (χ2n) is 4.25. The van der Waals surface area contributed by atoms with Crippen molar-refractivity contribution in [1.29, 1.82) is 0 Å². The number of rotatable bonds is 3. The van der Waals surface area contributed by atoms with Crippen LogP contribution in [-0.2, 0) is 4.74 Å². The van der Waals surface area contributed by atoms with Gasteiger partial charge in [-0.15, -0.1) is 0 Å². The van der Waals surface area contributed by atoms with Gasteiger partial charge >= 0.3 is 0 Å². The van der Waals surface area contributed by atoms with E-state index in [4.69, 9.17) is 15.2 Å². The lowest BCUT2D eigenvalue weighted by Gasteiger charge is -2.30. The van der Waals surface area contributed by atoms with E-state index in [1.807, 2.05) is 0 Å². The molecular weight excluding hydrogens is 220 g/mol. The Bertz CT molecular complexity index is 386. The number of aromatic nitrogens is 2. The predicted octanol–water partition coefficient (Wildman–Crippen LogP) is 0.904. The molecule has 0 bridgehead atoms. The molecule has 0 spiro atoms. The van der Waals surface area contributed by atoms with E-state index in [0.29, 0.717) is 23.7 Å². The summed E-state index contributed by atoms with van der Waals surface area (Å²) in [5, 5.41) is 3.36. The lowest BCUT2D eigenvalue weighted by atomic mass is 9.98. The van der Waals surface area contributed by atoms with E-state index in [-0.39, 0.29) is 5.95 Å². The standard InChI is InChI=1S/C11H18N4O2/c1-7-6-17-4-3-8(7)13-9-5-10(16-2)15-11(12)14-9/h5,7-8H,3-4,6H2,1-2H3,(H3,12,13,14,15). The summed E-state index contributed by atoms with van der Waals surface area (Å²) >= 11 is 0. The van der Waals surface area contributed by atoms with Crippen molar-refractivity contribution < 1.29 is 9.47 Å². The van der Waals surface area contributed by atoms with Gasteiger partial charge in [0.05, 0.1) is 13.7 Å². The van der Waals surface area contributed by atoms with Gasteiger partial charge in [0.1, 0.15) is 5.82 Å². The molecule has 0 aromatic carbocycles. The van der Waals surface area contributed by atoms with Gasteiger partial charge in [-0.25, -0.2) is 0 Å². The third kappa shape index (κ3) is 2.97. The Morgan fingerprint density at radius 2 is 2.35 bits per heavy atom. The average molecular weight is 238 g/mol. The van der Waals surface area contributed by atoms with Gasteiger partial charge < -0.3 is 20.5 Å². The van der Waals surface area contributed by atoms with Crippen LogP contribution in [0.3, 0.4) is 0 Å². The van der Waals surface area contributed by atoms with Crippen LogP contribution in [0.15, 0.2) is 6.07 Å². The normalized spacial score (nSPS) is 24.4. The van der Waals surface area contributed by atoms with Gasteiger partial charge in [0, 0.05) is 18.7 Å². The Kier molecular flexibility index (Phi) is 3.63. The van der Waals surface area contributed by atoms with Gasteiger partial charge in [0.25, 0.3) is 0 Å². The number of ether oxygens (including phenoxy) is 2. The lowest BCUT2D eigenvalue weighted by Crippen LogP contribution is -2.36. The number of hydrogen-bond donors (Lipinski definition) is 2. The third-order valence-electron chi connectivity index (χ3n) is 2.90. The van der Waals surface area contributed by atoms with E-state index >= 15 is 0 Å². The topological polar surface area (TPSA) is 82.3 Å². The van der Waals surface area contributed by atoms with Crippen LogP contribution in [0.5, 0.6) is 5.88 Å². The highest BCUT2D eigenvalue weighted by Gasteiger charge is 2.22. The molecule has 2 rings (SSSR count). The zero-order chi connectivity index (χ0) is 12.3. The maximum absolute atomic E-state index is 5.61. The number of anilines is 2. The van der Waals surface area contributed by atoms with Crippen LogP contribution in [0.1, 0.15) is 13.3 Å². The fraction of sp³-hybridized carbons (Fsp3) is 0.636. The van der Waals surface area contributed by atoms with Crippen LogP contribution in [0, 0.1) is 5.92 Å². The van der Waals surface area contributed by atoms with Crippen LogP contribution in [0.2, 0.25) is 0 Å². The molecule has 94 valence electrons. The van der Waals surface area contributed by atoms with Gasteiger partial charge in [-0.3, -0.25) is 0 Å². The average Bonchev–Trinajstić information content (AvgIpc) is 2.31. The molecule has 1 saturated heterocycles. The maximum atomic E-state index is 5.61. The van der Waals surface area contributed by atoms with Crippen LogP contribution < -0.4 is 15.8 Å². The monoisotopic (exact) mass is 238 g/mol. The van der Waals surface area contributed by atoms with E-state index in [0.717, 1.165) is 19.6 Å². The summed E-state index contributed by atoms with van der Waals surface area (Å²) in [7, 11) is 1.56. The summed E-state index contributed by atoms with van der Waals surface area (Å²) in [5.41, 5.74) is 5.61. The quantitative estimate of drug-likeness (QED) is 0.814. The first kappa shape index (κ1) is 11.9. The molecule has 1 fully saturated rings. The second-order valence-corrected chi connectivity index (χ2v) is 4.25. The fourth-order valence-corrected chi connectivity index (χ4v) is 1.91. The molecule has 1 aromatic rings. The summed E-state index contributed by atoms with van der Waals surface area (Å²) in [6.45, 7) is 3.70. The van der Waals surface area contributed by atoms with E-state index in [1.54, 1.807) is 13.2 Å². The number of nitrogens with two attached hydrogens (primary N) is 1. The van der Waals surface area contributed by atoms with Crippen LogP contribution >= 0.6 is 0 Å². The van der Waals surface area contributed by atoms with Crippen molar-refractivity contribution in [3.63, 3.8) is 0 Å². The van der Waals surface area contributed by atoms with Crippen LogP contribution in [0.4, 0.5) is 11.8 Å². The van der Waals surface area contributed by atoms with Crippen molar-refractivity contribution >= 4 is 11.8 Å². The molecule has 6 heteroatoms. The lowest BCUT2D eigenvalue weighted by molar-refractivity contribution is 0.0537. The molecule has 0 aliphatic carbocycles. The summed E-state index contributed by atoms with van der Waals surface area (Å²) in [4.78, 5) is 8.09. The number of nitrogens with one attached hydrogen (secondary N) is 1. The first-order valence-electron chi connectivity index (χ1n) is 5.72. The molecule has 2 heterocycles. The minimum atomic E-state index is 0.214. The van der Waals surface area contributed by atoms with E-state index < -0.39 is 0 Å². The third-order valence-corrected chi connectivity index (χ3v) is 2.90. The van der Waals surface area contributed by atoms with Crippen LogP contribution in [0.25, 0.3) is 0 Å². The molecule has 2 unspecified atom stereocenters. The van der Waals surface area contributed by atoms with Gasteiger partial charge in [0.15, 0.2) is 0 Å². The zero-order valence-electron chi connectivity index (χ0n) is 10.1. The Hall–Kier alpha value is -1.56. The molecule has 1 aromatic heterocycles. The highest BCUT2D eigenvalue weighted by Crippen LogP contribution is 2.21. The first-order valence-corrected chi connectivity index (χ1v) is 5.72. The van der Waals surface area contributed by atoms with Gasteiger partial charge in [-0.2, -0.15) is 9.97 Å². The number of methoxy groups -OCH3 is 1. The Labute approximate surface area is 101 Å². The minimum Gasteiger partial charge on any atom is -0.481 e. The molecule has 3 N–H and O–H groups in total. The molecule has 17 heavy (non-hydrogen) atoms. The summed E-state index contributed by atoms with van der Waals surface area (Å²) in [6, 6.07) is 2.10. The van der Waals surface area contributed by atoms with Crippen molar-refractivity contribution in [2.75, 3.05) is 31.4 Å². The Balaban J connectivity index is 2.09. The molecular formula is C11H18N4O2. The molecule has 6 nitrogen and oxygen atoms in total. The van der Waals surface area contributed by atoms with E-state index in [9.17, 15) is 0 Å². The highest BCUT2D eigenvalue weighted by atomic mass is 16.5. The van der Waals surface area contributed by atoms with Gasteiger partial charge in [-0.1, -0.05) is 6.92 Å². The summed E-state index contributed by atoms with van der Waals surface area (Å²) in [6.07, 6.45) is 0.966. The Morgan fingerprint density at radius 1 is 1.53 bits per heavy atom. The summed E-state index contributed by atoms with van der Waals surface area (Å²) < 4.78 is 10.5. The van der Waals surface area contributed by atoms with E-state index in [2.05, 4.69) is 22.2 Å². The molecule has 0 amide bonds. The summed E-state index contributed by atoms with van der Waals surface area (Å²) in [5.74, 6) is 1.84. The number of hydrogen-bond acceptors (Lipinski definition) is 6. The molecule has 0 saturated carbocycles. The predicted molar refractivity (Wildman–Crippen MR) is 65.0 cm³/mol. The molecule has 0 radical (unpaired) electrons. The Morgan fingerprint density at radius 3 is 3.06 bits per heavy atom. The van der Waals surface area contributed by atoms with Crippen molar-refractivity contribution in [2.45, 2.75) is 19.4 Å². The van der Waals surface area contributed by atoms with Crippen molar-refractivity contribution in [3.8, 4) is 5.88 Å². The zero-order valence-corrected chi connectivity index (χ0v) is 10.1. The number of nitrogens with zero attached hydrogens (tertiary/aromatic N) is 2. The highest BCUT2D eigenvalue weighted by molar-refractivity contribution is 5.43. The van der Waals surface area contributed by atoms with Crippen molar-refractivity contribution in [2.24, 2.45) is 5.92 Å². The van der Waals surface area contributed by atoms with Gasteiger partial charge in [-0.05, 0) is 12.3 Å². The largest absolute Gasteiger partial charge is 0.481 e. The van der Waals surface area contributed by atoms with Gasteiger partial charge in [0.2, 0.25) is 11.8 Å². The number of nitrogen functional groups attached to an aromatic ring is 1. The van der Waals surface area contributed by atoms with E-state index in [1.165, 1.54) is 0 Å². The molecule has 1 aliphatic heterocycles. The SMILES string of the molecule is COc1cc(NC2CCOCC2C)nc(N)n1. The van der Waals surface area contributed by atoms with Crippen molar-refractivity contribution in [3.05, 3.63) is 6.07 Å².